The molecule has 1 aliphatic heterocycles. The van der Waals surface area contributed by atoms with Crippen molar-refractivity contribution in [3.05, 3.63) is 22.2 Å². The molecule has 15 heavy (non-hydrogen) atoms. The lowest BCUT2D eigenvalue weighted by Crippen LogP contribution is -2.43. The summed E-state index contributed by atoms with van der Waals surface area (Å²) in [4.78, 5) is 13.5. The van der Waals surface area contributed by atoms with E-state index in [2.05, 4.69) is 27.3 Å². The number of amides is 1. The van der Waals surface area contributed by atoms with Crippen LogP contribution in [0.25, 0.3) is 0 Å². The van der Waals surface area contributed by atoms with E-state index < -0.39 is 0 Å². The van der Waals surface area contributed by atoms with E-state index >= 15 is 0 Å². The number of benzene rings is 1. The molecule has 0 saturated carbocycles. The minimum Gasteiger partial charge on any atom is -0.372 e. The predicted octanol–water partition coefficient (Wildman–Crippen LogP) is 2.53. The van der Waals surface area contributed by atoms with Crippen LogP contribution in [-0.4, -0.2) is 19.0 Å². The highest BCUT2D eigenvalue weighted by atomic mass is 79.9. The van der Waals surface area contributed by atoms with Crippen molar-refractivity contribution in [1.29, 1.82) is 0 Å². The third-order valence-corrected chi connectivity index (χ3v) is 3.22. The van der Waals surface area contributed by atoms with Gasteiger partial charge in [-0.05, 0) is 47.5 Å². The van der Waals surface area contributed by atoms with E-state index in [1.807, 2.05) is 19.9 Å². The van der Waals surface area contributed by atoms with Gasteiger partial charge in [0, 0.05) is 11.5 Å². The van der Waals surface area contributed by atoms with E-state index in [1.165, 1.54) is 5.56 Å². The number of fused-ring (bicyclic) bond motifs is 1. The summed E-state index contributed by atoms with van der Waals surface area (Å²) >= 11 is 3.49. The standard InChI is InChI=1S/C11H13BrN2O/c1-6-4-8(12)10-9(5-6)13-7(2)11(15)14(10)3/h4-5,7,13H,1-3H3. The van der Waals surface area contributed by atoms with Gasteiger partial charge in [-0.25, -0.2) is 0 Å². The van der Waals surface area contributed by atoms with Gasteiger partial charge in [0.15, 0.2) is 0 Å². The van der Waals surface area contributed by atoms with Gasteiger partial charge in [0.05, 0.1) is 11.4 Å². The topological polar surface area (TPSA) is 32.3 Å². The molecular formula is C11H13BrN2O. The van der Waals surface area contributed by atoms with Crippen molar-refractivity contribution in [2.24, 2.45) is 0 Å². The predicted molar refractivity (Wildman–Crippen MR) is 65.4 cm³/mol. The summed E-state index contributed by atoms with van der Waals surface area (Å²) in [6, 6.07) is 3.91. The molecule has 1 aliphatic rings. The number of rotatable bonds is 0. The molecule has 80 valence electrons. The Morgan fingerprint density at radius 2 is 2.13 bits per heavy atom. The summed E-state index contributed by atoms with van der Waals surface area (Å²) in [5.74, 6) is 0.0899. The van der Waals surface area contributed by atoms with Crippen LogP contribution in [0.15, 0.2) is 16.6 Å². The maximum absolute atomic E-state index is 11.8. The Morgan fingerprint density at radius 1 is 1.47 bits per heavy atom. The number of hydrogen-bond donors (Lipinski definition) is 1. The molecule has 0 bridgehead atoms. The Balaban J connectivity index is 2.60. The summed E-state index contributed by atoms with van der Waals surface area (Å²) in [7, 11) is 1.80. The van der Waals surface area contributed by atoms with E-state index in [0.717, 1.165) is 15.8 Å². The molecular weight excluding hydrogens is 256 g/mol. The van der Waals surface area contributed by atoms with Gasteiger partial charge in [-0.15, -0.1) is 0 Å². The van der Waals surface area contributed by atoms with E-state index in [-0.39, 0.29) is 11.9 Å². The lowest BCUT2D eigenvalue weighted by atomic mass is 10.1. The zero-order valence-electron chi connectivity index (χ0n) is 8.97. The number of carbonyl (C=O) groups is 1. The summed E-state index contributed by atoms with van der Waals surface area (Å²) in [6.45, 7) is 3.91. The minimum absolute atomic E-state index is 0.0899. The van der Waals surface area contributed by atoms with Crippen LogP contribution in [0, 0.1) is 6.92 Å². The number of likely N-dealkylation sites (N-methyl/N-ethyl adjacent to an activating group) is 1. The molecule has 0 saturated heterocycles. The maximum Gasteiger partial charge on any atom is 0.249 e. The number of aryl methyl sites for hydroxylation is 1. The van der Waals surface area contributed by atoms with Crippen LogP contribution in [-0.2, 0) is 4.79 Å². The Morgan fingerprint density at radius 3 is 2.80 bits per heavy atom. The quantitative estimate of drug-likeness (QED) is 0.785. The average molecular weight is 269 g/mol. The van der Waals surface area contributed by atoms with Crippen molar-refractivity contribution in [3.63, 3.8) is 0 Å². The highest BCUT2D eigenvalue weighted by molar-refractivity contribution is 9.10. The number of hydrogen-bond acceptors (Lipinski definition) is 2. The van der Waals surface area contributed by atoms with Crippen LogP contribution in [0.4, 0.5) is 11.4 Å². The van der Waals surface area contributed by atoms with E-state index in [1.54, 1.807) is 11.9 Å². The van der Waals surface area contributed by atoms with Crippen LogP contribution >= 0.6 is 15.9 Å². The third kappa shape index (κ3) is 1.63. The molecule has 2 rings (SSSR count). The van der Waals surface area contributed by atoms with E-state index in [4.69, 9.17) is 0 Å². The van der Waals surface area contributed by atoms with Gasteiger partial charge in [0.25, 0.3) is 0 Å². The fraction of sp³-hybridized carbons (Fsp3) is 0.364. The molecule has 4 heteroatoms. The monoisotopic (exact) mass is 268 g/mol. The molecule has 1 heterocycles. The van der Waals surface area contributed by atoms with Crippen molar-refractivity contribution in [2.45, 2.75) is 19.9 Å². The molecule has 0 spiro atoms. The molecule has 0 radical (unpaired) electrons. The van der Waals surface area contributed by atoms with Crippen molar-refractivity contribution in [1.82, 2.24) is 0 Å². The largest absolute Gasteiger partial charge is 0.372 e. The number of nitrogens with one attached hydrogen (secondary N) is 1. The Kier molecular flexibility index (Phi) is 2.46. The Bertz CT molecular complexity index is 431. The van der Waals surface area contributed by atoms with Crippen molar-refractivity contribution < 1.29 is 4.79 Å². The summed E-state index contributed by atoms with van der Waals surface area (Å²) < 4.78 is 0.952. The summed E-state index contributed by atoms with van der Waals surface area (Å²) in [5, 5.41) is 3.20. The smallest absolute Gasteiger partial charge is 0.249 e. The van der Waals surface area contributed by atoms with Gasteiger partial charge in [-0.1, -0.05) is 0 Å². The fourth-order valence-corrected chi connectivity index (χ4v) is 2.72. The number of carbonyl (C=O) groups excluding carboxylic acids is 1. The molecule has 0 fully saturated rings. The second kappa shape index (κ2) is 3.52. The summed E-state index contributed by atoms with van der Waals surface area (Å²) in [6.07, 6.45) is 0. The van der Waals surface area contributed by atoms with Crippen molar-refractivity contribution in [3.8, 4) is 0 Å². The van der Waals surface area contributed by atoms with Gasteiger partial charge >= 0.3 is 0 Å². The molecule has 1 N–H and O–H groups in total. The van der Waals surface area contributed by atoms with Gasteiger partial charge in [0.1, 0.15) is 6.04 Å². The van der Waals surface area contributed by atoms with Gasteiger partial charge in [-0.3, -0.25) is 4.79 Å². The van der Waals surface area contributed by atoms with E-state index in [9.17, 15) is 4.79 Å². The highest BCUT2D eigenvalue weighted by Crippen LogP contribution is 2.38. The minimum atomic E-state index is -0.156. The molecule has 0 aromatic heterocycles. The molecule has 1 aromatic carbocycles. The SMILES string of the molecule is Cc1cc(Br)c2c(c1)NC(C)C(=O)N2C. The van der Waals surface area contributed by atoms with Crippen LogP contribution in [0.3, 0.4) is 0 Å². The second-order valence-corrected chi connectivity index (χ2v) is 4.76. The molecule has 1 amide bonds. The van der Waals surface area contributed by atoms with Gasteiger partial charge in [-0.2, -0.15) is 0 Å². The lowest BCUT2D eigenvalue weighted by molar-refractivity contribution is -0.118. The highest BCUT2D eigenvalue weighted by Gasteiger charge is 2.28. The van der Waals surface area contributed by atoms with Gasteiger partial charge in [0.2, 0.25) is 5.91 Å². The first-order valence-corrected chi connectivity index (χ1v) is 5.64. The van der Waals surface area contributed by atoms with Crippen molar-refractivity contribution >= 4 is 33.2 Å². The molecule has 3 nitrogen and oxygen atoms in total. The number of nitrogens with zero attached hydrogens (tertiary/aromatic N) is 1. The van der Waals surface area contributed by atoms with Crippen LogP contribution in [0.5, 0.6) is 0 Å². The van der Waals surface area contributed by atoms with Crippen LogP contribution in [0.2, 0.25) is 0 Å². The van der Waals surface area contributed by atoms with Crippen LogP contribution < -0.4 is 10.2 Å². The second-order valence-electron chi connectivity index (χ2n) is 3.91. The van der Waals surface area contributed by atoms with Crippen molar-refractivity contribution in [2.75, 3.05) is 17.3 Å². The zero-order valence-corrected chi connectivity index (χ0v) is 10.6. The Labute approximate surface area is 97.6 Å². The van der Waals surface area contributed by atoms with Crippen LogP contribution in [0.1, 0.15) is 12.5 Å². The zero-order chi connectivity index (χ0) is 11.2. The molecule has 1 atom stereocenters. The first-order chi connectivity index (χ1) is 7.00. The lowest BCUT2D eigenvalue weighted by Gasteiger charge is -2.32. The normalized spacial score (nSPS) is 19.9. The average Bonchev–Trinajstić information content (AvgIpc) is 2.13. The third-order valence-electron chi connectivity index (χ3n) is 2.62. The molecule has 1 aromatic rings. The number of halogens is 1. The maximum atomic E-state index is 11.8. The summed E-state index contributed by atoms with van der Waals surface area (Å²) in [5.41, 5.74) is 3.10. The number of anilines is 2. The van der Waals surface area contributed by atoms with Gasteiger partial charge < -0.3 is 10.2 Å². The van der Waals surface area contributed by atoms with E-state index in [0.29, 0.717) is 0 Å². The molecule has 1 unspecified atom stereocenters. The fourth-order valence-electron chi connectivity index (χ4n) is 1.88. The first kappa shape index (κ1) is 10.5. The first-order valence-electron chi connectivity index (χ1n) is 4.85. The molecule has 0 aliphatic carbocycles. The Hall–Kier alpha value is -1.03.